The number of hydrogen-bond acceptors (Lipinski definition) is 11. The van der Waals surface area contributed by atoms with Gasteiger partial charge in [-0.3, -0.25) is 14.4 Å². The van der Waals surface area contributed by atoms with Crippen molar-refractivity contribution >= 4 is 17.7 Å². The summed E-state index contributed by atoms with van der Waals surface area (Å²) in [6.07, 6.45) is 9.59. The van der Waals surface area contributed by atoms with Crippen LogP contribution in [-0.2, 0) is 52.3 Å². The third-order valence-electron chi connectivity index (χ3n) is 13.6. The molecule has 0 aromatic rings. The van der Waals surface area contributed by atoms with Gasteiger partial charge in [-0.1, -0.05) is 32.1 Å². The fraction of sp³-hybridized carbons (Fsp3) is 0.833. The molecule has 54 heavy (non-hydrogen) atoms. The van der Waals surface area contributed by atoms with E-state index in [0.717, 1.165) is 37.7 Å². The first-order chi connectivity index (χ1) is 25.9. The van der Waals surface area contributed by atoms with Gasteiger partial charge in [0.1, 0.15) is 24.4 Å². The molecule has 3 aliphatic heterocycles. The van der Waals surface area contributed by atoms with Crippen molar-refractivity contribution in [2.24, 2.45) is 35.5 Å². The van der Waals surface area contributed by atoms with E-state index in [4.69, 9.17) is 37.9 Å². The van der Waals surface area contributed by atoms with Gasteiger partial charge < -0.3 is 42.8 Å². The third-order valence-corrected chi connectivity index (χ3v) is 13.6. The quantitative estimate of drug-likeness (QED) is 0.221. The average Bonchev–Trinajstić information content (AvgIpc) is 3.73. The Bertz CT molecular complexity index is 1390. The molecule has 12 heteroatoms. The van der Waals surface area contributed by atoms with Gasteiger partial charge in [-0.25, -0.2) is 0 Å². The molecule has 0 radical (unpaired) electrons. The van der Waals surface area contributed by atoms with Gasteiger partial charge in [-0.05, 0) is 88.0 Å². The SMILES string of the molecule is CC[C@H]1CCC[C@H](O[C@H]2CC[C@H](N(C)C(C)=O)C(C)O2)[C@@H](C)C(=O)C2=C[C@@H]3[C@@H](C=C[C@@H]4C[C@@H](O[C@@H]5OC(C)[C@H](OC)C(OC)C5OC)C[C@@H]34)[C@@H]2CC(=O)O1. The van der Waals surface area contributed by atoms with E-state index in [1.54, 1.807) is 33.2 Å². The smallest absolute Gasteiger partial charge is 0.306 e. The van der Waals surface area contributed by atoms with Gasteiger partial charge in [0.25, 0.3) is 0 Å². The third kappa shape index (κ3) is 8.55. The molecule has 1 amide bonds. The maximum atomic E-state index is 14.7. The second-order valence-electron chi connectivity index (χ2n) is 16.7. The van der Waals surface area contributed by atoms with Crippen LogP contribution in [0.3, 0.4) is 0 Å². The van der Waals surface area contributed by atoms with Gasteiger partial charge in [0, 0.05) is 53.6 Å². The molecule has 12 nitrogen and oxygen atoms in total. The molecule has 1 saturated carbocycles. The van der Waals surface area contributed by atoms with Crippen molar-refractivity contribution in [1.82, 2.24) is 4.90 Å². The molecular formula is C42H65NO11. The predicted molar refractivity (Wildman–Crippen MR) is 199 cm³/mol. The number of fused-ring (bicyclic) bond motifs is 5. The maximum Gasteiger partial charge on any atom is 0.306 e. The lowest BCUT2D eigenvalue weighted by Gasteiger charge is -2.44. The minimum Gasteiger partial charge on any atom is -0.462 e. The van der Waals surface area contributed by atoms with E-state index in [9.17, 15) is 14.4 Å². The van der Waals surface area contributed by atoms with E-state index in [2.05, 4.69) is 25.2 Å². The summed E-state index contributed by atoms with van der Waals surface area (Å²) in [4.78, 5) is 42.0. The number of allylic oxidation sites excluding steroid dienone is 4. The highest BCUT2D eigenvalue weighted by Gasteiger charge is 2.52. The second-order valence-corrected chi connectivity index (χ2v) is 16.7. The van der Waals surface area contributed by atoms with Crippen LogP contribution in [0.15, 0.2) is 23.8 Å². The van der Waals surface area contributed by atoms with Crippen molar-refractivity contribution in [3.05, 3.63) is 23.8 Å². The zero-order chi connectivity index (χ0) is 38.8. The van der Waals surface area contributed by atoms with Gasteiger partial charge in [-0.2, -0.15) is 0 Å². The van der Waals surface area contributed by atoms with Gasteiger partial charge >= 0.3 is 5.97 Å². The molecule has 0 N–H and O–H groups in total. The molecule has 17 atom stereocenters. The molecule has 3 saturated heterocycles. The van der Waals surface area contributed by atoms with Crippen molar-refractivity contribution in [2.75, 3.05) is 28.4 Å². The fourth-order valence-corrected chi connectivity index (χ4v) is 10.5. The molecule has 3 aliphatic carbocycles. The zero-order valence-electron chi connectivity index (χ0n) is 33.8. The summed E-state index contributed by atoms with van der Waals surface area (Å²) in [7, 11) is 6.76. The van der Waals surface area contributed by atoms with E-state index in [0.29, 0.717) is 19.3 Å². The van der Waals surface area contributed by atoms with Gasteiger partial charge in [0.15, 0.2) is 18.4 Å². The Hall–Kier alpha value is -2.19. The molecule has 6 aliphatic rings. The lowest BCUT2D eigenvalue weighted by atomic mass is 9.70. The van der Waals surface area contributed by atoms with Crippen molar-refractivity contribution in [3.8, 4) is 0 Å². The number of carbonyl (C=O) groups is 3. The number of rotatable bonds is 9. The van der Waals surface area contributed by atoms with Crippen LogP contribution in [0.5, 0.6) is 0 Å². The van der Waals surface area contributed by atoms with E-state index in [1.165, 1.54) is 0 Å². The summed E-state index contributed by atoms with van der Waals surface area (Å²) in [6.45, 7) is 9.54. The van der Waals surface area contributed by atoms with Crippen LogP contribution in [0.1, 0.15) is 92.4 Å². The predicted octanol–water partition coefficient (Wildman–Crippen LogP) is 5.40. The zero-order valence-corrected chi connectivity index (χ0v) is 33.8. The van der Waals surface area contributed by atoms with Crippen LogP contribution in [0.25, 0.3) is 0 Å². The van der Waals surface area contributed by atoms with Crippen LogP contribution in [-0.4, -0.2) is 118 Å². The molecule has 4 fully saturated rings. The summed E-state index contributed by atoms with van der Waals surface area (Å²) in [5, 5.41) is 0. The first kappa shape index (κ1) is 41.4. The molecule has 0 spiro atoms. The number of hydrogen-bond donors (Lipinski definition) is 0. The number of likely N-dealkylation sites (N-methyl/N-ethyl adjacent to an activating group) is 1. The number of esters is 1. The molecule has 0 bridgehead atoms. The monoisotopic (exact) mass is 759 g/mol. The van der Waals surface area contributed by atoms with Crippen LogP contribution in [0.2, 0.25) is 0 Å². The number of ether oxygens (including phenoxy) is 8. The average molecular weight is 760 g/mol. The van der Waals surface area contributed by atoms with Gasteiger partial charge in [0.05, 0.1) is 36.9 Å². The number of ketones is 1. The molecule has 3 heterocycles. The second kappa shape index (κ2) is 17.9. The van der Waals surface area contributed by atoms with Crippen molar-refractivity contribution in [3.63, 3.8) is 0 Å². The molecule has 0 aromatic heterocycles. The van der Waals surface area contributed by atoms with Crippen LogP contribution < -0.4 is 0 Å². The van der Waals surface area contributed by atoms with E-state index in [-0.39, 0.29) is 102 Å². The molecule has 0 aromatic carbocycles. The summed E-state index contributed by atoms with van der Waals surface area (Å²) in [5.41, 5.74) is 0.727. The van der Waals surface area contributed by atoms with Crippen molar-refractivity contribution in [1.29, 1.82) is 0 Å². The van der Waals surface area contributed by atoms with Crippen molar-refractivity contribution in [2.45, 2.75) is 160 Å². The highest BCUT2D eigenvalue weighted by Crippen LogP contribution is 2.54. The first-order valence-corrected chi connectivity index (χ1v) is 20.5. The Balaban J connectivity index is 1.20. The molecule has 304 valence electrons. The normalized spacial score (nSPS) is 44.2. The van der Waals surface area contributed by atoms with Crippen LogP contribution >= 0.6 is 0 Å². The molecule has 6 rings (SSSR count). The highest BCUT2D eigenvalue weighted by atomic mass is 16.7. The maximum absolute atomic E-state index is 14.7. The van der Waals surface area contributed by atoms with Crippen LogP contribution in [0, 0.1) is 35.5 Å². The van der Waals surface area contributed by atoms with Crippen LogP contribution in [0.4, 0.5) is 0 Å². The minimum atomic E-state index is -0.610. The standard InChI is InChI=1S/C42H65NO11/c1-10-27-12-11-13-35(54-37-17-16-34(23(3)50-37)43(6)25(5)44)22(2)38(46)33-20-31-29(32(33)21-36(45)52-27)15-14-26-18-28(19-30(26)31)53-42-41(49-9)40(48-8)39(47-7)24(4)51-42/h14-15,20,22-24,26-32,34-35,37,39-42H,10-13,16-19,21H2,1-9H3/t22-,23?,24?,26-,27+,28-,29-,30-,31-,32+,34+,35+,37+,39+,40?,41?,42+/m1/s1. The van der Waals surface area contributed by atoms with E-state index in [1.807, 2.05) is 27.8 Å². The largest absolute Gasteiger partial charge is 0.462 e. The van der Waals surface area contributed by atoms with E-state index >= 15 is 0 Å². The number of amides is 1. The Morgan fingerprint density at radius 2 is 1.61 bits per heavy atom. The number of carbonyl (C=O) groups excluding carboxylic acids is 3. The minimum absolute atomic E-state index is 0.00904. The first-order valence-electron chi connectivity index (χ1n) is 20.5. The molecule has 4 unspecified atom stereocenters. The number of Topliss-reactive ketones (excluding diaryl/α,β-unsaturated/α-hetero) is 1. The Morgan fingerprint density at radius 3 is 2.28 bits per heavy atom. The fourth-order valence-electron chi connectivity index (χ4n) is 10.5. The lowest BCUT2D eigenvalue weighted by molar-refractivity contribution is -0.314. The molecular weight excluding hydrogens is 694 g/mol. The lowest BCUT2D eigenvalue weighted by Crippen LogP contribution is -2.59. The Morgan fingerprint density at radius 1 is 0.870 bits per heavy atom. The Kier molecular flexibility index (Phi) is 13.8. The summed E-state index contributed by atoms with van der Waals surface area (Å²) in [5.74, 6) is -0.243. The summed E-state index contributed by atoms with van der Waals surface area (Å²) < 4.78 is 49.5. The topological polar surface area (TPSA) is 128 Å². The summed E-state index contributed by atoms with van der Waals surface area (Å²) in [6, 6.07) is -0.0200. The van der Waals surface area contributed by atoms with Crippen molar-refractivity contribution < 1.29 is 52.3 Å². The van der Waals surface area contributed by atoms with Gasteiger partial charge in [-0.15, -0.1) is 0 Å². The van der Waals surface area contributed by atoms with Gasteiger partial charge in [0.2, 0.25) is 5.91 Å². The number of methoxy groups -OCH3 is 3. The number of cyclic esters (lactones) is 1. The highest BCUT2D eigenvalue weighted by molar-refractivity contribution is 5.99. The Labute approximate surface area is 321 Å². The summed E-state index contributed by atoms with van der Waals surface area (Å²) >= 11 is 0. The number of nitrogens with zero attached hydrogens (tertiary/aromatic N) is 1. The van der Waals surface area contributed by atoms with E-state index < -0.39 is 24.6 Å².